The van der Waals surface area contributed by atoms with Gasteiger partial charge in [-0.25, -0.2) is 0 Å². The maximum atomic E-state index is 5.62. The second-order valence-electron chi connectivity index (χ2n) is 4.30. The van der Waals surface area contributed by atoms with Gasteiger partial charge >= 0.3 is 0 Å². The number of hydrogen-bond acceptors (Lipinski definition) is 3. The van der Waals surface area contributed by atoms with Crippen LogP contribution in [-0.2, 0) is 11.3 Å². The maximum absolute atomic E-state index is 5.62. The van der Waals surface area contributed by atoms with Gasteiger partial charge in [-0.05, 0) is 38.1 Å². The molecule has 4 heteroatoms. The van der Waals surface area contributed by atoms with Crippen molar-refractivity contribution < 1.29 is 4.74 Å². The lowest BCUT2D eigenvalue weighted by Crippen LogP contribution is -2.14. The summed E-state index contributed by atoms with van der Waals surface area (Å²) in [6.45, 7) is 3.98. The van der Waals surface area contributed by atoms with E-state index in [-0.39, 0.29) is 0 Å². The van der Waals surface area contributed by atoms with Gasteiger partial charge in [0.1, 0.15) is 0 Å². The van der Waals surface area contributed by atoms with E-state index in [1.165, 1.54) is 10.5 Å². The van der Waals surface area contributed by atoms with Crippen molar-refractivity contribution in [3.8, 4) is 0 Å². The van der Waals surface area contributed by atoms with Gasteiger partial charge in [-0.15, -0.1) is 11.8 Å². The molecule has 2 rings (SSSR count). The Hall–Kier alpha value is -0.0300. The van der Waals surface area contributed by atoms with Crippen molar-refractivity contribution in [2.75, 3.05) is 13.7 Å². The SMILES string of the molecule is CNCc1ccc(Br)cc1SC1CCOC1C. The van der Waals surface area contributed by atoms with E-state index >= 15 is 0 Å². The third-order valence-electron chi connectivity index (χ3n) is 2.98. The van der Waals surface area contributed by atoms with Crippen molar-refractivity contribution in [2.45, 2.75) is 36.1 Å². The first-order chi connectivity index (χ1) is 8.20. The van der Waals surface area contributed by atoms with Crippen LogP contribution in [0, 0.1) is 0 Å². The number of nitrogens with one attached hydrogen (secondary N) is 1. The summed E-state index contributed by atoms with van der Waals surface area (Å²) in [5, 5.41) is 3.80. The van der Waals surface area contributed by atoms with E-state index in [1.807, 2.05) is 18.8 Å². The molecule has 1 aliphatic heterocycles. The largest absolute Gasteiger partial charge is 0.377 e. The standard InChI is InChI=1S/C13H18BrNOS/c1-9-12(5-6-16-9)17-13-7-11(14)4-3-10(13)8-15-2/h3-4,7,9,12,15H,5-6,8H2,1-2H3. The molecule has 94 valence electrons. The van der Waals surface area contributed by atoms with Gasteiger partial charge in [0, 0.05) is 27.8 Å². The highest BCUT2D eigenvalue weighted by atomic mass is 79.9. The molecular weight excluding hydrogens is 298 g/mol. The molecule has 0 bridgehead atoms. The molecule has 0 aromatic heterocycles. The van der Waals surface area contributed by atoms with Gasteiger partial charge in [-0.2, -0.15) is 0 Å². The van der Waals surface area contributed by atoms with E-state index in [4.69, 9.17) is 4.74 Å². The molecule has 1 fully saturated rings. The van der Waals surface area contributed by atoms with Crippen molar-refractivity contribution in [2.24, 2.45) is 0 Å². The zero-order valence-corrected chi connectivity index (χ0v) is 12.6. The van der Waals surface area contributed by atoms with E-state index in [1.54, 1.807) is 0 Å². The van der Waals surface area contributed by atoms with Crippen LogP contribution in [0.3, 0.4) is 0 Å². The molecule has 1 aliphatic rings. The molecule has 0 radical (unpaired) electrons. The minimum atomic E-state index is 0.362. The Bertz CT molecular complexity index is 386. The van der Waals surface area contributed by atoms with Crippen LogP contribution in [0.1, 0.15) is 18.9 Å². The van der Waals surface area contributed by atoms with Gasteiger partial charge in [0.25, 0.3) is 0 Å². The molecular formula is C13H18BrNOS. The topological polar surface area (TPSA) is 21.3 Å². The summed E-state index contributed by atoms with van der Waals surface area (Å²) in [7, 11) is 1.98. The minimum Gasteiger partial charge on any atom is -0.377 e. The molecule has 0 amide bonds. The zero-order chi connectivity index (χ0) is 12.3. The molecule has 2 unspecified atom stereocenters. The highest BCUT2D eigenvalue weighted by Gasteiger charge is 2.25. The van der Waals surface area contributed by atoms with Gasteiger partial charge in [0.15, 0.2) is 0 Å². The van der Waals surface area contributed by atoms with Crippen molar-refractivity contribution >= 4 is 27.7 Å². The first-order valence-corrected chi connectivity index (χ1v) is 7.59. The summed E-state index contributed by atoms with van der Waals surface area (Å²) in [4.78, 5) is 1.36. The summed E-state index contributed by atoms with van der Waals surface area (Å²) in [6.07, 6.45) is 1.51. The molecule has 1 saturated heterocycles. The average Bonchev–Trinajstić information content (AvgIpc) is 2.69. The highest BCUT2D eigenvalue weighted by Crippen LogP contribution is 2.35. The van der Waals surface area contributed by atoms with E-state index in [0.717, 1.165) is 24.0 Å². The Balaban J connectivity index is 2.15. The van der Waals surface area contributed by atoms with Crippen LogP contribution in [0.5, 0.6) is 0 Å². The fourth-order valence-electron chi connectivity index (χ4n) is 2.00. The van der Waals surface area contributed by atoms with Crippen LogP contribution in [0.25, 0.3) is 0 Å². The van der Waals surface area contributed by atoms with E-state index in [9.17, 15) is 0 Å². The number of benzene rings is 1. The second-order valence-corrected chi connectivity index (χ2v) is 6.50. The minimum absolute atomic E-state index is 0.362. The van der Waals surface area contributed by atoms with Crippen LogP contribution in [0.4, 0.5) is 0 Å². The fraction of sp³-hybridized carbons (Fsp3) is 0.538. The van der Waals surface area contributed by atoms with Crippen LogP contribution < -0.4 is 5.32 Å². The number of rotatable bonds is 4. The molecule has 0 spiro atoms. The quantitative estimate of drug-likeness (QED) is 0.919. The number of hydrogen-bond donors (Lipinski definition) is 1. The smallest absolute Gasteiger partial charge is 0.0669 e. The van der Waals surface area contributed by atoms with Crippen molar-refractivity contribution in [3.63, 3.8) is 0 Å². The van der Waals surface area contributed by atoms with E-state index in [0.29, 0.717) is 11.4 Å². The number of ether oxygens (including phenoxy) is 1. The van der Waals surface area contributed by atoms with Gasteiger partial charge in [0.2, 0.25) is 0 Å². The molecule has 2 nitrogen and oxygen atoms in total. The highest BCUT2D eigenvalue weighted by molar-refractivity contribution is 9.10. The normalized spacial score (nSPS) is 24.2. The van der Waals surface area contributed by atoms with Gasteiger partial charge in [-0.3, -0.25) is 0 Å². The first-order valence-electron chi connectivity index (χ1n) is 5.92. The Labute approximate surface area is 116 Å². The fourth-order valence-corrected chi connectivity index (χ4v) is 3.81. The average molecular weight is 316 g/mol. The molecule has 1 N–H and O–H groups in total. The summed E-state index contributed by atoms with van der Waals surface area (Å²) in [5.41, 5.74) is 1.36. The van der Waals surface area contributed by atoms with Gasteiger partial charge in [0.05, 0.1) is 6.10 Å². The van der Waals surface area contributed by atoms with E-state index < -0.39 is 0 Å². The molecule has 17 heavy (non-hydrogen) atoms. The van der Waals surface area contributed by atoms with Crippen LogP contribution in [0.2, 0.25) is 0 Å². The Morgan fingerprint density at radius 1 is 1.53 bits per heavy atom. The van der Waals surface area contributed by atoms with Crippen molar-refractivity contribution in [1.82, 2.24) is 5.32 Å². The second kappa shape index (κ2) is 6.23. The Kier molecular flexibility index (Phi) is 4.91. The molecule has 1 heterocycles. The third-order valence-corrected chi connectivity index (χ3v) is 5.03. The lowest BCUT2D eigenvalue weighted by Gasteiger charge is -2.16. The van der Waals surface area contributed by atoms with Crippen molar-refractivity contribution in [3.05, 3.63) is 28.2 Å². The van der Waals surface area contributed by atoms with Gasteiger partial charge in [-0.1, -0.05) is 22.0 Å². The zero-order valence-electron chi connectivity index (χ0n) is 10.2. The Morgan fingerprint density at radius 3 is 3.00 bits per heavy atom. The first kappa shape index (κ1) is 13.4. The summed E-state index contributed by atoms with van der Waals surface area (Å²) >= 11 is 5.49. The van der Waals surface area contributed by atoms with Crippen molar-refractivity contribution in [1.29, 1.82) is 0 Å². The van der Waals surface area contributed by atoms with Crippen LogP contribution >= 0.6 is 27.7 Å². The van der Waals surface area contributed by atoms with E-state index in [2.05, 4.69) is 46.4 Å². The number of thioether (sulfide) groups is 1. The Morgan fingerprint density at radius 2 is 2.35 bits per heavy atom. The predicted molar refractivity (Wildman–Crippen MR) is 76.6 cm³/mol. The van der Waals surface area contributed by atoms with Crippen LogP contribution in [-0.4, -0.2) is 25.0 Å². The summed E-state index contributed by atoms with van der Waals surface area (Å²) < 4.78 is 6.76. The molecule has 1 aromatic carbocycles. The predicted octanol–water partition coefficient (Wildman–Crippen LogP) is 3.44. The lowest BCUT2D eigenvalue weighted by molar-refractivity contribution is 0.127. The molecule has 1 aromatic rings. The number of halogens is 1. The van der Waals surface area contributed by atoms with Crippen LogP contribution in [0.15, 0.2) is 27.6 Å². The monoisotopic (exact) mass is 315 g/mol. The molecule has 0 saturated carbocycles. The maximum Gasteiger partial charge on any atom is 0.0669 e. The summed E-state index contributed by atoms with van der Waals surface area (Å²) in [5.74, 6) is 0. The summed E-state index contributed by atoms with van der Waals surface area (Å²) in [6, 6.07) is 6.50. The lowest BCUT2D eigenvalue weighted by atomic mass is 10.2. The molecule has 2 atom stereocenters. The third kappa shape index (κ3) is 3.47. The molecule has 0 aliphatic carbocycles. The van der Waals surface area contributed by atoms with Gasteiger partial charge < -0.3 is 10.1 Å².